The van der Waals surface area contributed by atoms with E-state index < -0.39 is 12.1 Å². The van der Waals surface area contributed by atoms with E-state index in [1.54, 1.807) is 0 Å². The zero-order valence-corrected chi connectivity index (χ0v) is 43.8. The van der Waals surface area contributed by atoms with Gasteiger partial charge in [-0.25, -0.2) is 0 Å². The number of hydrogen-bond acceptors (Lipinski definition) is 3. The Labute approximate surface area is 402 Å². The summed E-state index contributed by atoms with van der Waals surface area (Å²) in [6.07, 6.45) is 74.7. The number of aliphatic hydroxyl groups is 2. The normalized spacial score (nSPS) is 12.9. The Morgan fingerprint density at radius 3 is 0.969 bits per heavy atom. The first-order valence-corrected chi connectivity index (χ1v) is 29.5. The third-order valence-electron chi connectivity index (χ3n) is 14.0. The Morgan fingerprint density at radius 2 is 0.641 bits per heavy atom. The number of aliphatic hydroxyl groups excluding tert-OH is 2. The van der Waals surface area contributed by atoms with Crippen LogP contribution >= 0.6 is 0 Å². The largest absolute Gasteiger partial charge is 0.394 e. The molecule has 0 aromatic heterocycles. The van der Waals surface area contributed by atoms with Crippen molar-refractivity contribution in [2.45, 2.75) is 347 Å². The summed E-state index contributed by atoms with van der Waals surface area (Å²) >= 11 is 0. The molecule has 0 spiro atoms. The van der Waals surface area contributed by atoms with Gasteiger partial charge < -0.3 is 15.5 Å². The molecule has 0 fully saturated rings. The maximum Gasteiger partial charge on any atom is 0.220 e. The van der Waals surface area contributed by atoms with Crippen LogP contribution in [0.25, 0.3) is 0 Å². The van der Waals surface area contributed by atoms with Crippen molar-refractivity contribution in [3.8, 4) is 0 Å². The van der Waals surface area contributed by atoms with Crippen molar-refractivity contribution in [1.82, 2.24) is 5.32 Å². The van der Waals surface area contributed by atoms with Gasteiger partial charge in [-0.1, -0.05) is 308 Å². The Hall–Kier alpha value is -1.13. The van der Waals surface area contributed by atoms with Crippen LogP contribution in [0.3, 0.4) is 0 Å². The fraction of sp³-hybridized carbons (Fsp3) is 0.917. The van der Waals surface area contributed by atoms with Crippen LogP contribution in [0.2, 0.25) is 0 Å². The predicted molar refractivity (Wildman–Crippen MR) is 286 cm³/mol. The molecule has 0 aliphatic heterocycles. The van der Waals surface area contributed by atoms with Crippen molar-refractivity contribution in [2.24, 2.45) is 0 Å². The molecule has 4 nitrogen and oxygen atoms in total. The lowest BCUT2D eigenvalue weighted by Gasteiger charge is -2.22. The lowest BCUT2D eigenvalue weighted by Crippen LogP contribution is -2.45. The smallest absolute Gasteiger partial charge is 0.220 e. The number of rotatable bonds is 55. The maximum atomic E-state index is 12.5. The number of nitrogens with one attached hydrogen (secondary N) is 1. The molecule has 2 unspecified atom stereocenters. The van der Waals surface area contributed by atoms with Crippen LogP contribution in [0.15, 0.2) is 24.3 Å². The minimum atomic E-state index is -0.661. The molecular weight excluding hydrogens is 783 g/mol. The number of amides is 1. The first kappa shape index (κ1) is 62.9. The fourth-order valence-corrected chi connectivity index (χ4v) is 9.45. The zero-order valence-electron chi connectivity index (χ0n) is 43.8. The fourth-order valence-electron chi connectivity index (χ4n) is 9.45. The molecule has 64 heavy (non-hydrogen) atoms. The van der Waals surface area contributed by atoms with E-state index >= 15 is 0 Å². The van der Waals surface area contributed by atoms with E-state index in [2.05, 4.69) is 43.5 Å². The van der Waals surface area contributed by atoms with Gasteiger partial charge in [0.2, 0.25) is 5.91 Å². The minimum Gasteiger partial charge on any atom is -0.394 e. The lowest BCUT2D eigenvalue weighted by molar-refractivity contribution is -0.123. The highest BCUT2D eigenvalue weighted by Crippen LogP contribution is 2.18. The van der Waals surface area contributed by atoms with Gasteiger partial charge in [-0.3, -0.25) is 4.79 Å². The van der Waals surface area contributed by atoms with Crippen LogP contribution in [0, 0.1) is 0 Å². The molecule has 0 aromatic rings. The number of unbranched alkanes of at least 4 members (excludes halogenated alkanes) is 44. The molecule has 0 aromatic carbocycles. The first-order chi connectivity index (χ1) is 31.7. The minimum absolute atomic E-state index is 0.0312. The van der Waals surface area contributed by atoms with Crippen molar-refractivity contribution in [3.63, 3.8) is 0 Å². The van der Waals surface area contributed by atoms with Gasteiger partial charge in [-0.15, -0.1) is 0 Å². The summed E-state index contributed by atoms with van der Waals surface area (Å²) in [4.78, 5) is 12.5. The number of carbonyl (C=O) groups excluding carboxylic acids is 1. The average molecular weight is 901 g/mol. The highest BCUT2D eigenvalue weighted by Gasteiger charge is 2.20. The summed E-state index contributed by atoms with van der Waals surface area (Å²) in [5.41, 5.74) is 0. The second kappa shape index (κ2) is 56.2. The number of carbonyl (C=O) groups is 1. The molecule has 0 saturated heterocycles. The van der Waals surface area contributed by atoms with Crippen LogP contribution in [-0.4, -0.2) is 34.9 Å². The highest BCUT2D eigenvalue weighted by molar-refractivity contribution is 5.76. The van der Waals surface area contributed by atoms with Crippen molar-refractivity contribution < 1.29 is 15.0 Å². The number of hydrogen-bond donors (Lipinski definition) is 3. The molecule has 0 aliphatic rings. The van der Waals surface area contributed by atoms with E-state index in [0.29, 0.717) is 12.8 Å². The summed E-state index contributed by atoms with van der Waals surface area (Å²) in [6.45, 7) is 4.37. The maximum absolute atomic E-state index is 12.5. The standard InChI is InChI=1S/C60H117NO3/c1-3-5-7-9-11-13-15-17-19-21-23-24-25-26-27-28-29-30-31-32-33-34-35-36-38-39-41-43-45-47-49-51-53-55-59(63)58(57-62)61-60(64)56-54-52-50-48-46-44-42-40-37-22-20-18-16-14-12-10-8-6-4-2/h12,14,18,20,58-59,62-63H,3-11,13,15-17,19,21-57H2,1-2H3,(H,61,64)/b14-12-,20-18-. The zero-order chi connectivity index (χ0) is 46.3. The Kier molecular flexibility index (Phi) is 55.2. The van der Waals surface area contributed by atoms with E-state index in [0.717, 1.165) is 32.1 Å². The van der Waals surface area contributed by atoms with Crippen LogP contribution in [-0.2, 0) is 4.79 Å². The van der Waals surface area contributed by atoms with Gasteiger partial charge in [0.15, 0.2) is 0 Å². The molecule has 2 atom stereocenters. The molecule has 1 amide bonds. The average Bonchev–Trinajstić information content (AvgIpc) is 3.30. The molecule has 0 rings (SSSR count). The van der Waals surface area contributed by atoms with E-state index in [9.17, 15) is 15.0 Å². The summed E-state index contributed by atoms with van der Waals surface area (Å²) in [5.74, 6) is -0.0312. The molecule has 380 valence electrons. The topological polar surface area (TPSA) is 69.6 Å². The van der Waals surface area contributed by atoms with E-state index in [-0.39, 0.29) is 12.5 Å². The summed E-state index contributed by atoms with van der Waals surface area (Å²) in [7, 11) is 0. The van der Waals surface area contributed by atoms with Gasteiger partial charge in [0, 0.05) is 6.42 Å². The molecule has 0 bridgehead atoms. The SMILES string of the molecule is CCCCC/C=C\C/C=C\CCCCCCCCCCCC(=O)NC(CO)C(O)CCCCCCCCCCCCCCCCCCCCCCCCCCCCCCCCCCC. The number of allylic oxidation sites excluding steroid dienone is 4. The highest BCUT2D eigenvalue weighted by atomic mass is 16.3. The van der Waals surface area contributed by atoms with Gasteiger partial charge >= 0.3 is 0 Å². The van der Waals surface area contributed by atoms with Crippen LogP contribution in [0.1, 0.15) is 335 Å². The second-order valence-electron chi connectivity index (χ2n) is 20.4. The third-order valence-corrected chi connectivity index (χ3v) is 14.0. The monoisotopic (exact) mass is 900 g/mol. The Bertz CT molecular complexity index is 932. The lowest BCUT2D eigenvalue weighted by atomic mass is 10.0. The van der Waals surface area contributed by atoms with E-state index in [4.69, 9.17) is 0 Å². The molecular formula is C60H117NO3. The van der Waals surface area contributed by atoms with Gasteiger partial charge in [0.25, 0.3) is 0 Å². The quantitative estimate of drug-likeness (QED) is 0.0421. The Balaban J connectivity index is 3.39. The first-order valence-electron chi connectivity index (χ1n) is 29.5. The van der Waals surface area contributed by atoms with Gasteiger partial charge in [0.1, 0.15) is 0 Å². The van der Waals surface area contributed by atoms with E-state index in [1.165, 1.54) is 276 Å². The van der Waals surface area contributed by atoms with Crippen LogP contribution < -0.4 is 5.32 Å². The predicted octanol–water partition coefficient (Wildman–Crippen LogP) is 19.5. The van der Waals surface area contributed by atoms with Gasteiger partial charge in [-0.2, -0.15) is 0 Å². The van der Waals surface area contributed by atoms with Crippen LogP contribution in [0.5, 0.6) is 0 Å². The van der Waals surface area contributed by atoms with E-state index in [1.807, 2.05) is 0 Å². The molecule has 0 saturated carbocycles. The molecule has 4 heteroatoms. The molecule has 3 N–H and O–H groups in total. The molecule has 0 heterocycles. The third kappa shape index (κ3) is 51.8. The summed E-state index contributed by atoms with van der Waals surface area (Å²) in [5, 5.41) is 23.4. The molecule has 0 aliphatic carbocycles. The second-order valence-corrected chi connectivity index (χ2v) is 20.4. The van der Waals surface area contributed by atoms with Crippen molar-refractivity contribution in [1.29, 1.82) is 0 Å². The summed E-state index contributed by atoms with van der Waals surface area (Å²) < 4.78 is 0. The van der Waals surface area contributed by atoms with Crippen molar-refractivity contribution in [3.05, 3.63) is 24.3 Å². The molecule has 0 radical (unpaired) electrons. The van der Waals surface area contributed by atoms with Gasteiger partial charge in [-0.05, 0) is 44.9 Å². The Morgan fingerprint density at radius 1 is 0.375 bits per heavy atom. The summed E-state index contributed by atoms with van der Waals surface area (Å²) in [6, 6.07) is -0.538. The van der Waals surface area contributed by atoms with Crippen LogP contribution in [0.4, 0.5) is 0 Å². The van der Waals surface area contributed by atoms with Crippen molar-refractivity contribution in [2.75, 3.05) is 6.61 Å². The van der Waals surface area contributed by atoms with Crippen molar-refractivity contribution >= 4 is 5.91 Å². The van der Waals surface area contributed by atoms with Gasteiger partial charge in [0.05, 0.1) is 18.8 Å².